The average molecular weight is 616 g/mol. The van der Waals surface area contributed by atoms with E-state index in [0.29, 0.717) is 23.7 Å². The largest absolute Gasteiger partial charge is 0.508 e. The molecule has 0 saturated carbocycles. The van der Waals surface area contributed by atoms with Crippen molar-refractivity contribution in [1.29, 1.82) is 0 Å². The predicted octanol–water partition coefficient (Wildman–Crippen LogP) is 8.10. The van der Waals surface area contributed by atoms with E-state index in [-0.39, 0.29) is 25.3 Å². The molecule has 0 bridgehead atoms. The van der Waals surface area contributed by atoms with Crippen molar-refractivity contribution in [3.63, 3.8) is 0 Å². The number of carbonyl (C=O) groups excluding carboxylic acids is 1. The molecule has 8 heteroatoms. The number of carbonyl (C=O) groups is 1. The van der Waals surface area contributed by atoms with Gasteiger partial charge in [0, 0.05) is 0 Å². The molecule has 4 aromatic rings. The van der Waals surface area contributed by atoms with Gasteiger partial charge in [0.25, 0.3) is 0 Å². The van der Waals surface area contributed by atoms with Crippen LogP contribution in [-0.2, 0) is 26.9 Å². The number of ether oxygens (including phenoxy) is 2. The molecule has 4 aromatic carbocycles. The van der Waals surface area contributed by atoms with E-state index in [0.717, 1.165) is 33.4 Å². The van der Waals surface area contributed by atoms with Crippen LogP contribution in [0.15, 0.2) is 91.0 Å². The number of benzene rings is 4. The Labute approximate surface area is 260 Å². The van der Waals surface area contributed by atoms with Gasteiger partial charge in [-0.05, 0) is 103 Å². The quantitative estimate of drug-likeness (QED) is 0.109. The molecule has 7 nitrogen and oxygen atoms in total. The fourth-order valence-electron chi connectivity index (χ4n) is 5.11. The smallest absolute Gasteiger partial charge is 0.354 e. The van der Waals surface area contributed by atoms with Gasteiger partial charge in [0.05, 0.1) is 6.61 Å². The molecule has 0 aliphatic carbocycles. The summed E-state index contributed by atoms with van der Waals surface area (Å²) in [5, 5.41) is 13.2. The molecule has 0 heterocycles. The van der Waals surface area contributed by atoms with E-state index >= 15 is 0 Å². The minimum atomic E-state index is -3.79. The normalized spacial score (nSPS) is 13.2. The van der Waals surface area contributed by atoms with Gasteiger partial charge >= 0.3 is 13.5 Å². The molecular weight excluding hydrogens is 573 g/mol. The summed E-state index contributed by atoms with van der Waals surface area (Å²) in [7, 11) is -3.79. The summed E-state index contributed by atoms with van der Waals surface area (Å²) in [6.07, 6.45) is 0.668. The van der Waals surface area contributed by atoms with Gasteiger partial charge in [-0.2, -0.15) is 0 Å². The minimum Gasteiger partial charge on any atom is -0.508 e. The second-order valence-corrected chi connectivity index (χ2v) is 13.3. The van der Waals surface area contributed by atoms with E-state index in [1.54, 1.807) is 37.3 Å². The molecule has 4 rings (SSSR count). The molecule has 0 aliphatic rings. The number of hydrogen-bond acceptors (Lipinski definition) is 6. The fraction of sp³-hybridized carbons (Fsp3) is 0.306. The Kier molecular flexibility index (Phi) is 11.3. The molecule has 0 saturated heterocycles. The van der Waals surface area contributed by atoms with Crippen LogP contribution in [0.1, 0.15) is 60.1 Å². The molecule has 0 radical (unpaired) electrons. The summed E-state index contributed by atoms with van der Waals surface area (Å²) in [4.78, 5) is 13.0. The van der Waals surface area contributed by atoms with Crippen LogP contribution < -0.4 is 14.3 Å². The van der Waals surface area contributed by atoms with Gasteiger partial charge in [-0.25, -0.2) is 5.09 Å². The molecule has 0 amide bonds. The lowest BCUT2D eigenvalue weighted by atomic mass is 9.93. The third-order valence-corrected chi connectivity index (χ3v) is 9.05. The first kappa shape index (κ1) is 32.8. The van der Waals surface area contributed by atoms with Crippen LogP contribution in [0.5, 0.6) is 17.2 Å². The van der Waals surface area contributed by atoms with E-state index in [1.165, 1.54) is 0 Å². The molecule has 0 fully saturated rings. The number of rotatable bonds is 14. The Morgan fingerprint density at radius 3 is 2.11 bits per heavy atom. The molecule has 0 spiro atoms. The maximum Gasteiger partial charge on any atom is 0.354 e. The number of para-hydroxylation sites is 1. The van der Waals surface area contributed by atoms with E-state index in [9.17, 15) is 14.5 Å². The zero-order valence-corrected chi connectivity index (χ0v) is 27.0. The number of aromatic hydroxyl groups is 1. The number of esters is 1. The summed E-state index contributed by atoms with van der Waals surface area (Å²) in [5.74, 6) is 0.953. The Morgan fingerprint density at radius 1 is 0.864 bits per heavy atom. The van der Waals surface area contributed by atoms with Gasteiger partial charge in [0.2, 0.25) is 0 Å². The molecule has 232 valence electrons. The van der Waals surface area contributed by atoms with Gasteiger partial charge in [0.15, 0.2) is 6.35 Å². The Morgan fingerprint density at radius 2 is 1.50 bits per heavy atom. The van der Waals surface area contributed by atoms with Crippen LogP contribution in [0.4, 0.5) is 0 Å². The highest BCUT2D eigenvalue weighted by Gasteiger charge is 2.34. The fourth-order valence-corrected chi connectivity index (χ4v) is 6.74. The lowest BCUT2D eigenvalue weighted by Gasteiger charge is -2.26. The van der Waals surface area contributed by atoms with Crippen molar-refractivity contribution in [3.05, 3.63) is 124 Å². The average Bonchev–Trinajstić information content (AvgIpc) is 2.99. The molecule has 0 aromatic heterocycles. The Balaban J connectivity index is 1.57. The van der Waals surface area contributed by atoms with Gasteiger partial charge in [-0.3, -0.25) is 9.36 Å². The zero-order chi connectivity index (χ0) is 31.7. The third kappa shape index (κ3) is 8.98. The van der Waals surface area contributed by atoms with Crippen molar-refractivity contribution in [1.82, 2.24) is 5.09 Å². The minimum absolute atomic E-state index is 0.194. The highest BCUT2D eigenvalue weighted by Crippen LogP contribution is 2.44. The standard InChI is InChI=1S/C36H42NO6P/c1-6-41-36(39)34(23-28-13-9-7-10-14-28)37-44(40,43-30-15-11-8-12-16-30)24-42-31-19-26(4)33(27(5)20-31)22-29-17-18-35(38)32(21-29)25(2)3/h7-21,25,34,38H,6,22-24H2,1-5H3,(H,37,40)/t34-,44?/m0/s1. The Hall–Kier alpha value is -4.06. The highest BCUT2D eigenvalue weighted by atomic mass is 31.2. The van der Waals surface area contributed by atoms with E-state index in [1.807, 2.05) is 68.4 Å². The van der Waals surface area contributed by atoms with E-state index < -0.39 is 19.5 Å². The molecule has 1 unspecified atom stereocenters. The van der Waals surface area contributed by atoms with Gasteiger partial charge in [-0.15, -0.1) is 0 Å². The molecule has 44 heavy (non-hydrogen) atoms. The van der Waals surface area contributed by atoms with Crippen LogP contribution in [-0.4, -0.2) is 30.1 Å². The number of nitrogens with one attached hydrogen (secondary N) is 1. The maximum atomic E-state index is 14.4. The second-order valence-electron chi connectivity index (χ2n) is 11.2. The summed E-state index contributed by atoms with van der Waals surface area (Å²) < 4.78 is 31.8. The second kappa shape index (κ2) is 15.1. The van der Waals surface area contributed by atoms with Crippen molar-refractivity contribution < 1.29 is 28.5 Å². The predicted molar refractivity (Wildman–Crippen MR) is 175 cm³/mol. The van der Waals surface area contributed by atoms with Gasteiger partial charge in [-0.1, -0.05) is 74.5 Å². The van der Waals surface area contributed by atoms with Crippen LogP contribution in [0.3, 0.4) is 0 Å². The van der Waals surface area contributed by atoms with Crippen LogP contribution in [0, 0.1) is 13.8 Å². The van der Waals surface area contributed by atoms with E-state index in [2.05, 4.69) is 25.0 Å². The first-order valence-electron chi connectivity index (χ1n) is 14.9. The first-order chi connectivity index (χ1) is 21.1. The molecule has 0 aliphatic heterocycles. The van der Waals surface area contributed by atoms with E-state index in [4.69, 9.17) is 14.0 Å². The number of phenols is 1. The number of phenolic OH excluding ortho intramolecular Hbond substituents is 1. The molecule has 2 atom stereocenters. The van der Waals surface area contributed by atoms with Crippen molar-refractivity contribution in [3.8, 4) is 17.2 Å². The number of aryl methyl sites for hydroxylation is 2. The Bertz CT molecular complexity index is 1570. The third-order valence-electron chi connectivity index (χ3n) is 7.37. The summed E-state index contributed by atoms with van der Waals surface area (Å²) in [6.45, 7) is 10.1. The monoisotopic (exact) mass is 615 g/mol. The lowest BCUT2D eigenvalue weighted by molar-refractivity contribution is -0.145. The SMILES string of the molecule is CCOC(=O)[C@H](Cc1ccccc1)NP(=O)(COc1cc(C)c(Cc2ccc(O)c(C(C)C)c2)c(C)c1)Oc1ccccc1. The lowest BCUT2D eigenvalue weighted by Crippen LogP contribution is -2.40. The highest BCUT2D eigenvalue weighted by molar-refractivity contribution is 7.57. The van der Waals surface area contributed by atoms with Crippen molar-refractivity contribution in [2.45, 2.75) is 59.4 Å². The molecular formula is C36H42NO6P. The van der Waals surface area contributed by atoms with Crippen molar-refractivity contribution >= 4 is 13.5 Å². The van der Waals surface area contributed by atoms with Crippen molar-refractivity contribution in [2.24, 2.45) is 0 Å². The van der Waals surface area contributed by atoms with Crippen LogP contribution in [0.2, 0.25) is 0 Å². The first-order valence-corrected chi connectivity index (χ1v) is 16.7. The summed E-state index contributed by atoms with van der Waals surface area (Å²) >= 11 is 0. The summed E-state index contributed by atoms with van der Waals surface area (Å²) in [5.41, 5.74) is 6.14. The van der Waals surface area contributed by atoms with Crippen molar-refractivity contribution in [2.75, 3.05) is 13.0 Å². The molecule has 2 N–H and O–H groups in total. The topological polar surface area (TPSA) is 94.1 Å². The zero-order valence-electron chi connectivity index (χ0n) is 26.1. The summed E-state index contributed by atoms with van der Waals surface area (Å²) in [6, 6.07) is 27.0. The van der Waals surface area contributed by atoms with Gasteiger partial charge < -0.3 is 19.1 Å². The van der Waals surface area contributed by atoms with Crippen LogP contribution >= 0.6 is 7.52 Å². The number of hydrogen-bond donors (Lipinski definition) is 2. The van der Waals surface area contributed by atoms with Crippen LogP contribution in [0.25, 0.3) is 0 Å². The maximum absolute atomic E-state index is 14.4. The van der Waals surface area contributed by atoms with Gasteiger partial charge in [0.1, 0.15) is 23.3 Å².